The number of halogens is 2. The maximum atomic E-state index is 4.03. The summed E-state index contributed by atoms with van der Waals surface area (Å²) in [5.74, 6) is 0.859. The predicted octanol–water partition coefficient (Wildman–Crippen LogP) is 2.41. The Labute approximate surface area is 75.5 Å². The normalized spacial score (nSPS) is 9.11. The molecular weight excluding hydrogens is 295 g/mol. The van der Waals surface area contributed by atoms with Crippen LogP contribution >= 0.6 is 38.7 Å². The summed E-state index contributed by atoms with van der Waals surface area (Å²) in [5.41, 5.74) is 0. The van der Waals surface area contributed by atoms with Gasteiger partial charge in [0.15, 0.2) is 0 Å². The minimum Gasteiger partial charge on any atom is -0.306 e. The number of hydrogen-bond acceptors (Lipinski definition) is 2. The Morgan fingerprint density at radius 1 is 1.67 bits per heavy atom. The Hall–Kier alpha value is 0.160. The van der Waals surface area contributed by atoms with Crippen LogP contribution in [-0.4, -0.2) is 4.98 Å². The van der Waals surface area contributed by atoms with Crippen molar-refractivity contribution in [2.24, 2.45) is 0 Å². The molecule has 0 aliphatic rings. The molecular formula is C5H4BrIN2. The van der Waals surface area contributed by atoms with Crippen LogP contribution in [0.25, 0.3) is 0 Å². The van der Waals surface area contributed by atoms with Gasteiger partial charge in [0, 0.05) is 22.3 Å². The van der Waals surface area contributed by atoms with Crippen molar-refractivity contribution in [2.45, 2.75) is 0 Å². The first-order chi connectivity index (χ1) is 4.34. The number of rotatable bonds is 1. The van der Waals surface area contributed by atoms with Gasteiger partial charge in [0.05, 0.1) is 3.57 Å². The van der Waals surface area contributed by atoms with Crippen molar-refractivity contribution in [1.82, 2.24) is 4.98 Å². The second-order valence-electron chi connectivity index (χ2n) is 1.43. The van der Waals surface area contributed by atoms with Crippen LogP contribution in [0.1, 0.15) is 0 Å². The molecule has 1 heterocycles. The van der Waals surface area contributed by atoms with Crippen LogP contribution in [0.5, 0.6) is 0 Å². The van der Waals surface area contributed by atoms with Crippen LogP contribution in [0.15, 0.2) is 18.3 Å². The van der Waals surface area contributed by atoms with E-state index < -0.39 is 0 Å². The minimum absolute atomic E-state index is 0.859. The van der Waals surface area contributed by atoms with Gasteiger partial charge in [-0.1, -0.05) is 0 Å². The molecule has 0 unspecified atom stereocenters. The average Bonchev–Trinajstić information content (AvgIpc) is 1.89. The van der Waals surface area contributed by atoms with Crippen LogP contribution in [0.4, 0.5) is 5.82 Å². The molecule has 1 aromatic rings. The Morgan fingerprint density at radius 3 is 2.89 bits per heavy atom. The van der Waals surface area contributed by atoms with E-state index in [9.17, 15) is 0 Å². The summed E-state index contributed by atoms with van der Waals surface area (Å²) in [6.45, 7) is 0. The maximum absolute atomic E-state index is 4.03. The maximum Gasteiger partial charge on any atom is 0.149 e. The third kappa shape index (κ3) is 1.79. The summed E-state index contributed by atoms with van der Waals surface area (Å²) in [5, 5.41) is 0. The minimum atomic E-state index is 0.859. The van der Waals surface area contributed by atoms with Gasteiger partial charge < -0.3 is 4.34 Å². The quantitative estimate of drug-likeness (QED) is 0.636. The first-order valence-corrected chi connectivity index (χ1v) is 4.19. The molecule has 0 radical (unpaired) electrons. The molecule has 0 amide bonds. The topological polar surface area (TPSA) is 24.9 Å². The zero-order chi connectivity index (χ0) is 6.69. The summed E-state index contributed by atoms with van der Waals surface area (Å²) in [6.07, 6.45) is 1.74. The van der Waals surface area contributed by atoms with Crippen molar-refractivity contribution in [2.75, 3.05) is 4.34 Å². The Balaban J connectivity index is 3.01. The van der Waals surface area contributed by atoms with E-state index in [1.807, 2.05) is 12.1 Å². The van der Waals surface area contributed by atoms with Gasteiger partial charge in [-0.25, -0.2) is 4.98 Å². The van der Waals surface area contributed by atoms with E-state index in [0.717, 1.165) is 9.39 Å². The molecule has 0 aromatic carbocycles. The van der Waals surface area contributed by atoms with Crippen LogP contribution < -0.4 is 4.34 Å². The Morgan fingerprint density at radius 2 is 2.44 bits per heavy atom. The van der Waals surface area contributed by atoms with E-state index in [1.54, 1.807) is 6.20 Å². The molecule has 0 bridgehead atoms. The molecule has 0 fully saturated rings. The highest BCUT2D eigenvalue weighted by atomic mass is 127. The van der Waals surface area contributed by atoms with Crippen LogP contribution in [0.3, 0.4) is 0 Å². The van der Waals surface area contributed by atoms with E-state index >= 15 is 0 Å². The SMILES string of the molecule is BrNc1ncccc1I. The highest BCUT2D eigenvalue weighted by Gasteiger charge is 1.93. The zero-order valence-electron chi connectivity index (χ0n) is 4.44. The molecule has 0 atom stereocenters. The summed E-state index contributed by atoms with van der Waals surface area (Å²) in [7, 11) is 0. The van der Waals surface area contributed by atoms with Gasteiger partial charge >= 0.3 is 0 Å². The summed E-state index contributed by atoms with van der Waals surface area (Å²) in [6, 6.07) is 3.88. The Bertz CT molecular complexity index is 204. The molecule has 0 spiro atoms. The Kier molecular flexibility index (Phi) is 2.71. The lowest BCUT2D eigenvalue weighted by Gasteiger charge is -1.96. The molecule has 1 N–H and O–H groups in total. The summed E-state index contributed by atoms with van der Waals surface area (Å²) >= 11 is 5.30. The zero-order valence-corrected chi connectivity index (χ0v) is 8.18. The van der Waals surface area contributed by atoms with Gasteiger partial charge in [0.2, 0.25) is 0 Å². The molecule has 0 aliphatic heterocycles. The van der Waals surface area contributed by atoms with Crippen LogP contribution in [0, 0.1) is 3.57 Å². The van der Waals surface area contributed by atoms with Crippen molar-refractivity contribution in [3.05, 3.63) is 21.9 Å². The number of nitrogens with one attached hydrogen (secondary N) is 1. The number of anilines is 1. The van der Waals surface area contributed by atoms with E-state index in [1.165, 1.54) is 0 Å². The number of nitrogens with zero attached hydrogens (tertiary/aromatic N) is 1. The van der Waals surface area contributed by atoms with Crippen molar-refractivity contribution in [1.29, 1.82) is 0 Å². The van der Waals surface area contributed by atoms with Crippen LogP contribution in [-0.2, 0) is 0 Å². The highest BCUT2D eigenvalue weighted by molar-refractivity contribution is 14.1. The second kappa shape index (κ2) is 3.36. The summed E-state index contributed by atoms with van der Waals surface area (Å²) < 4.78 is 3.89. The smallest absolute Gasteiger partial charge is 0.149 e. The van der Waals surface area contributed by atoms with Crippen molar-refractivity contribution in [3.8, 4) is 0 Å². The molecule has 0 saturated carbocycles. The largest absolute Gasteiger partial charge is 0.306 e. The van der Waals surface area contributed by atoms with Gasteiger partial charge in [-0.3, -0.25) is 0 Å². The highest BCUT2D eigenvalue weighted by Crippen LogP contribution is 2.14. The van der Waals surface area contributed by atoms with Gasteiger partial charge in [-0.05, 0) is 34.7 Å². The fourth-order valence-corrected chi connectivity index (χ4v) is 1.62. The molecule has 2 nitrogen and oxygen atoms in total. The van der Waals surface area contributed by atoms with Gasteiger partial charge in [0.1, 0.15) is 5.82 Å². The second-order valence-corrected chi connectivity index (χ2v) is 2.99. The fourth-order valence-electron chi connectivity index (χ4n) is 0.455. The molecule has 9 heavy (non-hydrogen) atoms. The monoisotopic (exact) mass is 298 g/mol. The number of hydrogen-bond donors (Lipinski definition) is 1. The average molecular weight is 299 g/mol. The molecule has 0 saturated heterocycles. The van der Waals surface area contributed by atoms with Crippen molar-refractivity contribution in [3.63, 3.8) is 0 Å². The lowest BCUT2D eigenvalue weighted by molar-refractivity contribution is 1.32. The van der Waals surface area contributed by atoms with Crippen molar-refractivity contribution < 1.29 is 0 Å². The lowest BCUT2D eigenvalue weighted by Crippen LogP contribution is -1.86. The molecule has 1 rings (SSSR count). The molecule has 0 aliphatic carbocycles. The molecule has 48 valence electrons. The number of pyridine rings is 1. The summed E-state index contributed by atoms with van der Waals surface area (Å²) in [4.78, 5) is 4.03. The van der Waals surface area contributed by atoms with Gasteiger partial charge in [0.25, 0.3) is 0 Å². The molecule has 1 aromatic heterocycles. The third-order valence-electron chi connectivity index (χ3n) is 0.848. The fraction of sp³-hybridized carbons (Fsp3) is 0. The first-order valence-electron chi connectivity index (χ1n) is 2.32. The van der Waals surface area contributed by atoms with Crippen LogP contribution in [0.2, 0.25) is 0 Å². The van der Waals surface area contributed by atoms with E-state index in [0.29, 0.717) is 0 Å². The standard InChI is InChI=1S/C5H4BrIN2/c6-9-5-4(7)2-1-3-8-5/h1-3H,(H,8,9). The molecule has 4 heteroatoms. The predicted molar refractivity (Wildman–Crippen MR) is 49.5 cm³/mol. The van der Waals surface area contributed by atoms with Crippen molar-refractivity contribution >= 4 is 44.6 Å². The van der Waals surface area contributed by atoms with E-state index in [4.69, 9.17) is 0 Å². The van der Waals surface area contributed by atoms with E-state index in [2.05, 4.69) is 48.1 Å². The lowest BCUT2D eigenvalue weighted by atomic mass is 10.5. The van der Waals surface area contributed by atoms with Gasteiger partial charge in [-0.2, -0.15) is 0 Å². The third-order valence-corrected chi connectivity index (χ3v) is 2.09. The van der Waals surface area contributed by atoms with E-state index in [-0.39, 0.29) is 0 Å². The number of aromatic nitrogens is 1. The van der Waals surface area contributed by atoms with Gasteiger partial charge in [-0.15, -0.1) is 0 Å². The first kappa shape index (κ1) is 7.27.